The van der Waals surface area contributed by atoms with Gasteiger partial charge in [-0.05, 0) is 0 Å². The fraction of sp³-hybridized carbons (Fsp3) is 0.500. The smallest absolute Gasteiger partial charge is 1.00 e. The van der Waals surface area contributed by atoms with Crippen molar-refractivity contribution in [2.24, 2.45) is 0 Å². The molecule has 0 aliphatic carbocycles. The molecule has 0 unspecified atom stereocenters. The van der Waals surface area contributed by atoms with Gasteiger partial charge in [0.05, 0.1) is 6.16 Å². The van der Waals surface area contributed by atoms with E-state index in [9.17, 15) is 4.79 Å². The second-order valence-corrected chi connectivity index (χ2v) is 1.83. The molecule has 0 aliphatic heterocycles. The van der Waals surface area contributed by atoms with E-state index in [0.717, 1.165) is 0 Å². The van der Waals surface area contributed by atoms with E-state index in [1.807, 2.05) is 0 Å². The Morgan fingerprint density at radius 1 is 1.71 bits per heavy atom. The molecule has 0 bridgehead atoms. The molecule has 0 aromatic heterocycles. The largest absolute Gasteiger partial charge is 1.00 e. The van der Waals surface area contributed by atoms with Gasteiger partial charge in [-0.25, -0.2) is 0 Å². The van der Waals surface area contributed by atoms with Crippen molar-refractivity contribution < 1.29 is 45.6 Å². The summed E-state index contributed by atoms with van der Waals surface area (Å²) in [5.41, 5.74) is 0. The van der Waals surface area contributed by atoms with Crippen molar-refractivity contribution in [3.05, 3.63) is 0 Å². The summed E-state index contributed by atoms with van der Waals surface area (Å²) in [6.07, 6.45) is 0.348. The number of hydrogen-bond donors (Lipinski definition) is 2. The minimum atomic E-state index is -1.97. The van der Waals surface area contributed by atoms with Crippen LogP contribution in [0.1, 0.15) is 1.43 Å². The molecule has 0 saturated heterocycles. The van der Waals surface area contributed by atoms with E-state index < -0.39 is 8.38 Å². The van der Waals surface area contributed by atoms with Crippen LogP contribution in [0.2, 0.25) is 0 Å². The minimum absolute atomic E-state index is 0. The Kier molecular flexibility index (Phi) is 10.9. The number of rotatable bonds is 2. The molecular formula is C2H6NaO3P. The van der Waals surface area contributed by atoms with Crippen molar-refractivity contribution in [3.8, 4) is 0 Å². The standard InChI is InChI=1S/C2H5O3P.Na.H/c3-1-2-6(4)5;;/h1,4-5H,2H2;;/q;+1;-1. The van der Waals surface area contributed by atoms with Crippen LogP contribution in [0.15, 0.2) is 0 Å². The van der Waals surface area contributed by atoms with Crippen LogP contribution in [0.25, 0.3) is 0 Å². The summed E-state index contributed by atoms with van der Waals surface area (Å²) >= 11 is 0. The van der Waals surface area contributed by atoms with Crippen molar-refractivity contribution in [1.82, 2.24) is 0 Å². The van der Waals surface area contributed by atoms with Crippen LogP contribution < -0.4 is 29.6 Å². The summed E-state index contributed by atoms with van der Waals surface area (Å²) in [5.74, 6) is 0. The molecule has 5 heteroatoms. The quantitative estimate of drug-likeness (QED) is 0.234. The van der Waals surface area contributed by atoms with Crippen molar-refractivity contribution in [2.45, 2.75) is 0 Å². The molecule has 0 aromatic rings. The van der Waals surface area contributed by atoms with Gasteiger partial charge in [0.2, 0.25) is 0 Å². The molecule has 0 saturated carbocycles. The van der Waals surface area contributed by atoms with E-state index in [0.29, 0.717) is 6.29 Å². The molecule has 0 heterocycles. The van der Waals surface area contributed by atoms with Crippen LogP contribution in [0.5, 0.6) is 0 Å². The molecule has 0 rings (SSSR count). The predicted molar refractivity (Wildman–Crippen MR) is 23.4 cm³/mol. The van der Waals surface area contributed by atoms with Gasteiger partial charge in [-0.3, -0.25) is 0 Å². The third-order valence-electron chi connectivity index (χ3n) is 0.238. The Bertz CT molecular complexity index is 52.5. The predicted octanol–water partition coefficient (Wildman–Crippen LogP) is -3.40. The Labute approximate surface area is 66.4 Å². The maximum absolute atomic E-state index is 9.31. The van der Waals surface area contributed by atoms with Crippen LogP contribution in [0, 0.1) is 0 Å². The molecule has 0 spiro atoms. The summed E-state index contributed by atoms with van der Waals surface area (Å²) in [6.45, 7) is 0. The third-order valence-corrected chi connectivity index (χ3v) is 0.714. The molecule has 0 aromatic carbocycles. The molecule has 2 N–H and O–H groups in total. The molecule has 7 heavy (non-hydrogen) atoms. The van der Waals surface area contributed by atoms with Crippen LogP contribution in [0.4, 0.5) is 0 Å². The van der Waals surface area contributed by atoms with Crippen LogP contribution >= 0.6 is 8.38 Å². The second kappa shape index (κ2) is 7.02. The van der Waals surface area contributed by atoms with E-state index in [2.05, 4.69) is 0 Å². The zero-order valence-electron chi connectivity index (χ0n) is 5.03. The molecule has 0 aliphatic rings. The normalized spacial score (nSPS) is 7.86. The third kappa shape index (κ3) is 10.9. The van der Waals surface area contributed by atoms with Gasteiger partial charge < -0.3 is 16.0 Å². The molecule has 3 nitrogen and oxygen atoms in total. The van der Waals surface area contributed by atoms with Gasteiger partial charge in [0, 0.05) is 0 Å². The molecule has 38 valence electrons. The summed E-state index contributed by atoms with van der Waals surface area (Å²) < 4.78 is 0. The maximum Gasteiger partial charge on any atom is 1.00 e. The van der Waals surface area contributed by atoms with Crippen molar-refractivity contribution in [2.75, 3.05) is 6.16 Å². The SMILES string of the molecule is O=CCP(O)O.[H-].[Na+]. The molecular weight excluding hydrogens is 126 g/mol. The molecule has 0 atom stereocenters. The van der Waals surface area contributed by atoms with E-state index in [4.69, 9.17) is 9.79 Å². The Morgan fingerprint density at radius 3 is 2.14 bits per heavy atom. The first-order valence-electron chi connectivity index (χ1n) is 1.36. The fourth-order valence-electron chi connectivity index (χ4n) is 0.0667. The van der Waals surface area contributed by atoms with E-state index in [1.165, 1.54) is 0 Å². The molecule has 0 amide bonds. The van der Waals surface area contributed by atoms with Gasteiger partial charge in [0.1, 0.15) is 6.29 Å². The Hall–Kier alpha value is 1.02. The van der Waals surface area contributed by atoms with Gasteiger partial charge >= 0.3 is 29.6 Å². The van der Waals surface area contributed by atoms with E-state index >= 15 is 0 Å². The number of hydrogen-bond acceptors (Lipinski definition) is 3. The first kappa shape index (κ1) is 10.9. The first-order valence-corrected chi connectivity index (χ1v) is 2.79. The van der Waals surface area contributed by atoms with Gasteiger partial charge in [-0.2, -0.15) is 0 Å². The summed E-state index contributed by atoms with van der Waals surface area (Å²) in [6, 6.07) is 0. The van der Waals surface area contributed by atoms with Crippen LogP contribution in [-0.4, -0.2) is 22.2 Å². The Balaban J connectivity index is -0.000000125. The summed E-state index contributed by atoms with van der Waals surface area (Å²) in [4.78, 5) is 25.2. The topological polar surface area (TPSA) is 57.5 Å². The summed E-state index contributed by atoms with van der Waals surface area (Å²) in [5, 5.41) is 0. The van der Waals surface area contributed by atoms with Gasteiger partial charge in [-0.1, -0.05) is 0 Å². The Morgan fingerprint density at radius 2 is 2.14 bits per heavy atom. The maximum atomic E-state index is 9.31. The van der Waals surface area contributed by atoms with Crippen LogP contribution in [0.3, 0.4) is 0 Å². The van der Waals surface area contributed by atoms with E-state index in [1.54, 1.807) is 0 Å². The van der Waals surface area contributed by atoms with E-state index in [-0.39, 0.29) is 37.1 Å². The average Bonchev–Trinajstić information content (AvgIpc) is 1.35. The zero-order chi connectivity index (χ0) is 4.99. The minimum Gasteiger partial charge on any atom is -1.00 e. The monoisotopic (exact) mass is 132 g/mol. The number of aldehydes is 1. The summed E-state index contributed by atoms with van der Waals surface area (Å²) in [7, 11) is -1.97. The van der Waals surface area contributed by atoms with Crippen molar-refractivity contribution >= 4 is 14.7 Å². The molecule has 0 radical (unpaired) electrons. The first-order chi connectivity index (χ1) is 2.77. The molecule has 0 fully saturated rings. The number of carbonyl (C=O) groups excluding carboxylic acids is 1. The zero-order valence-corrected chi connectivity index (χ0v) is 6.93. The number of carbonyl (C=O) groups is 1. The van der Waals surface area contributed by atoms with Crippen molar-refractivity contribution in [1.29, 1.82) is 0 Å². The average molecular weight is 132 g/mol. The van der Waals surface area contributed by atoms with Crippen LogP contribution in [-0.2, 0) is 4.79 Å². The van der Waals surface area contributed by atoms with Crippen molar-refractivity contribution in [3.63, 3.8) is 0 Å². The van der Waals surface area contributed by atoms with Gasteiger partial charge in [0.15, 0.2) is 8.38 Å². The van der Waals surface area contributed by atoms with Gasteiger partial charge in [0.25, 0.3) is 0 Å². The second-order valence-electron chi connectivity index (χ2n) is 0.722. The van der Waals surface area contributed by atoms with Gasteiger partial charge in [-0.15, -0.1) is 0 Å². The fourth-order valence-corrected chi connectivity index (χ4v) is 0.200.